The number of halogens is 3. The van der Waals surface area contributed by atoms with Crippen LogP contribution in [0, 0.1) is 0 Å². The molecule has 0 bridgehead atoms. The lowest BCUT2D eigenvalue weighted by atomic mass is 10.1. The average Bonchev–Trinajstić information content (AvgIpc) is 3.21. The maximum atomic E-state index is 12.9. The van der Waals surface area contributed by atoms with E-state index < -0.39 is 17.6 Å². The fourth-order valence-electron chi connectivity index (χ4n) is 3.09. The van der Waals surface area contributed by atoms with Crippen molar-refractivity contribution in [2.75, 3.05) is 12.8 Å². The molecule has 3 aromatic rings. The summed E-state index contributed by atoms with van der Waals surface area (Å²) in [6, 6.07) is 11.5. The van der Waals surface area contributed by atoms with Crippen molar-refractivity contribution >= 4 is 23.6 Å². The molecule has 7 nitrogen and oxygen atoms in total. The van der Waals surface area contributed by atoms with Crippen molar-refractivity contribution in [2.45, 2.75) is 25.4 Å². The summed E-state index contributed by atoms with van der Waals surface area (Å²) in [6.07, 6.45) is -2.60. The Bertz CT molecular complexity index is 1130. The molecular formula is C22H22F3N5O2S. The van der Waals surface area contributed by atoms with Gasteiger partial charge in [-0.05, 0) is 55.1 Å². The summed E-state index contributed by atoms with van der Waals surface area (Å²) in [7, 11) is 0. The molecule has 0 unspecified atom stereocenters. The standard InChI is InChI=1S/C22H22F3N5O2S/c1-3-26-20(31)15-7-9-17(10-8-15)30-18(13-33-2)19(28-29-30)21(32)27-12-14-5-4-6-16(11-14)22(23,24)25/h4-11H,3,12-13H2,1-2H3,(H,26,31)(H,27,32). The third kappa shape index (κ3) is 5.92. The van der Waals surface area contributed by atoms with Gasteiger partial charge in [0, 0.05) is 24.4 Å². The minimum absolute atomic E-state index is 0.0872. The Morgan fingerprint density at radius 3 is 2.42 bits per heavy atom. The molecule has 11 heteroatoms. The first-order valence-electron chi connectivity index (χ1n) is 10.0. The van der Waals surface area contributed by atoms with E-state index in [1.54, 1.807) is 24.3 Å². The lowest BCUT2D eigenvalue weighted by molar-refractivity contribution is -0.137. The number of hydrogen-bond acceptors (Lipinski definition) is 5. The molecule has 0 saturated carbocycles. The van der Waals surface area contributed by atoms with Crippen LogP contribution in [0.2, 0.25) is 0 Å². The Balaban J connectivity index is 1.79. The molecular weight excluding hydrogens is 455 g/mol. The summed E-state index contributed by atoms with van der Waals surface area (Å²) >= 11 is 1.46. The number of thioether (sulfide) groups is 1. The Morgan fingerprint density at radius 1 is 1.06 bits per heavy atom. The van der Waals surface area contributed by atoms with Crippen LogP contribution in [-0.4, -0.2) is 39.6 Å². The number of carbonyl (C=O) groups excluding carboxylic acids is 2. The van der Waals surface area contributed by atoms with Crippen LogP contribution in [0.25, 0.3) is 5.69 Å². The lowest BCUT2D eigenvalue weighted by Gasteiger charge is -2.10. The molecule has 3 rings (SSSR count). The van der Waals surface area contributed by atoms with Crippen molar-refractivity contribution in [2.24, 2.45) is 0 Å². The monoisotopic (exact) mass is 477 g/mol. The first-order valence-corrected chi connectivity index (χ1v) is 11.4. The van der Waals surface area contributed by atoms with Gasteiger partial charge in [0.2, 0.25) is 0 Å². The number of hydrogen-bond donors (Lipinski definition) is 2. The summed E-state index contributed by atoms with van der Waals surface area (Å²) in [5.74, 6) is -0.305. The molecule has 0 saturated heterocycles. The Kier molecular flexibility index (Phi) is 7.75. The maximum Gasteiger partial charge on any atom is 0.416 e. The van der Waals surface area contributed by atoms with Crippen LogP contribution in [0.4, 0.5) is 13.2 Å². The van der Waals surface area contributed by atoms with Crippen LogP contribution in [-0.2, 0) is 18.5 Å². The van der Waals surface area contributed by atoms with Crippen LogP contribution in [0.15, 0.2) is 48.5 Å². The van der Waals surface area contributed by atoms with E-state index in [4.69, 9.17) is 0 Å². The normalized spacial score (nSPS) is 11.3. The highest BCUT2D eigenvalue weighted by Crippen LogP contribution is 2.29. The number of nitrogens with zero attached hydrogens (tertiary/aromatic N) is 3. The minimum atomic E-state index is -4.46. The van der Waals surface area contributed by atoms with Gasteiger partial charge in [-0.15, -0.1) is 5.10 Å². The zero-order valence-corrected chi connectivity index (χ0v) is 18.8. The molecule has 0 fully saturated rings. The largest absolute Gasteiger partial charge is 0.416 e. The van der Waals surface area contributed by atoms with Gasteiger partial charge in [-0.3, -0.25) is 9.59 Å². The summed E-state index contributed by atoms with van der Waals surface area (Å²) in [4.78, 5) is 24.7. The van der Waals surface area contributed by atoms with Crippen molar-refractivity contribution < 1.29 is 22.8 Å². The number of benzene rings is 2. The maximum absolute atomic E-state index is 12.9. The van der Waals surface area contributed by atoms with Gasteiger partial charge in [-0.25, -0.2) is 4.68 Å². The highest BCUT2D eigenvalue weighted by Gasteiger charge is 2.30. The number of carbonyl (C=O) groups is 2. The van der Waals surface area contributed by atoms with E-state index in [0.29, 0.717) is 34.8 Å². The third-order valence-corrected chi connectivity index (χ3v) is 5.24. The molecule has 0 aliphatic carbocycles. The van der Waals surface area contributed by atoms with Crippen molar-refractivity contribution in [1.82, 2.24) is 25.6 Å². The zero-order chi connectivity index (χ0) is 24.0. The average molecular weight is 478 g/mol. The SMILES string of the molecule is CCNC(=O)c1ccc(-n2nnc(C(=O)NCc3cccc(C(F)(F)F)c3)c2CSC)cc1. The number of aromatic nitrogens is 3. The zero-order valence-electron chi connectivity index (χ0n) is 17.9. The van der Waals surface area contributed by atoms with E-state index in [1.165, 1.54) is 28.6 Å². The van der Waals surface area contributed by atoms with Crippen molar-refractivity contribution in [1.29, 1.82) is 0 Å². The fourth-order valence-corrected chi connectivity index (χ4v) is 3.62. The van der Waals surface area contributed by atoms with Crippen molar-refractivity contribution in [3.8, 4) is 5.69 Å². The molecule has 0 aliphatic rings. The van der Waals surface area contributed by atoms with Crippen LogP contribution in [0.1, 0.15) is 44.6 Å². The van der Waals surface area contributed by atoms with Crippen LogP contribution >= 0.6 is 11.8 Å². The van der Waals surface area contributed by atoms with Crippen molar-refractivity contribution in [3.63, 3.8) is 0 Å². The lowest BCUT2D eigenvalue weighted by Crippen LogP contribution is -2.24. The van der Waals surface area contributed by atoms with E-state index in [9.17, 15) is 22.8 Å². The molecule has 0 spiro atoms. The number of rotatable bonds is 8. The Hall–Kier alpha value is -3.34. The summed E-state index contributed by atoms with van der Waals surface area (Å²) < 4.78 is 40.2. The Labute approximate surface area is 192 Å². The number of amides is 2. The van der Waals surface area contributed by atoms with Crippen molar-refractivity contribution in [3.05, 3.63) is 76.6 Å². The van der Waals surface area contributed by atoms with Gasteiger partial charge >= 0.3 is 6.18 Å². The molecule has 0 aliphatic heterocycles. The van der Waals surface area contributed by atoms with Crippen LogP contribution < -0.4 is 10.6 Å². The smallest absolute Gasteiger partial charge is 0.352 e. The summed E-state index contributed by atoms with van der Waals surface area (Å²) in [5, 5.41) is 13.4. The molecule has 33 heavy (non-hydrogen) atoms. The van der Waals surface area contributed by atoms with Gasteiger partial charge < -0.3 is 10.6 Å². The predicted molar refractivity (Wildman–Crippen MR) is 119 cm³/mol. The molecule has 174 valence electrons. The number of nitrogens with one attached hydrogen (secondary N) is 2. The third-order valence-electron chi connectivity index (χ3n) is 4.68. The quantitative estimate of drug-likeness (QED) is 0.515. The van der Waals surface area contributed by atoms with Gasteiger partial charge in [-0.1, -0.05) is 17.3 Å². The number of alkyl halides is 3. The van der Waals surface area contributed by atoms with E-state index >= 15 is 0 Å². The van der Waals surface area contributed by atoms with Gasteiger partial charge in [0.05, 0.1) is 16.9 Å². The second kappa shape index (κ2) is 10.5. The van der Waals surface area contributed by atoms with Crippen LogP contribution in [0.5, 0.6) is 0 Å². The Morgan fingerprint density at radius 2 is 1.79 bits per heavy atom. The van der Waals surface area contributed by atoms with Gasteiger partial charge in [0.15, 0.2) is 5.69 Å². The molecule has 2 N–H and O–H groups in total. The predicted octanol–water partition coefficient (Wildman–Crippen LogP) is 3.83. The molecule has 0 atom stereocenters. The van der Waals surface area contributed by atoms with E-state index in [-0.39, 0.29) is 18.1 Å². The van der Waals surface area contributed by atoms with Gasteiger partial charge in [0.25, 0.3) is 11.8 Å². The van der Waals surface area contributed by atoms with Crippen LogP contribution in [0.3, 0.4) is 0 Å². The van der Waals surface area contributed by atoms with E-state index in [0.717, 1.165) is 12.1 Å². The second-order valence-corrected chi connectivity index (χ2v) is 7.88. The minimum Gasteiger partial charge on any atom is -0.352 e. The first kappa shape index (κ1) is 24.3. The molecule has 1 aromatic heterocycles. The molecule has 0 radical (unpaired) electrons. The van der Waals surface area contributed by atoms with E-state index in [1.807, 2.05) is 13.2 Å². The highest BCUT2D eigenvalue weighted by atomic mass is 32.2. The first-order chi connectivity index (χ1) is 15.7. The summed E-state index contributed by atoms with van der Waals surface area (Å²) in [6.45, 7) is 2.26. The van der Waals surface area contributed by atoms with Gasteiger partial charge in [-0.2, -0.15) is 24.9 Å². The molecule has 1 heterocycles. The topological polar surface area (TPSA) is 88.9 Å². The van der Waals surface area contributed by atoms with E-state index in [2.05, 4.69) is 20.9 Å². The molecule has 2 amide bonds. The summed E-state index contributed by atoms with van der Waals surface area (Å²) in [5.41, 5.74) is 1.28. The second-order valence-electron chi connectivity index (χ2n) is 7.02. The molecule has 2 aromatic carbocycles. The fraction of sp³-hybridized carbons (Fsp3) is 0.273. The highest BCUT2D eigenvalue weighted by molar-refractivity contribution is 7.97. The van der Waals surface area contributed by atoms with Gasteiger partial charge in [0.1, 0.15) is 0 Å².